The number of fused-ring (bicyclic) bond motifs is 1. The molecule has 4 rings (SSSR count). The summed E-state index contributed by atoms with van der Waals surface area (Å²) in [6.45, 7) is 0. The number of carbonyl (C=O) groups is 1. The van der Waals surface area contributed by atoms with E-state index in [1.54, 1.807) is 16.5 Å². The molecule has 126 valence electrons. The number of hydrogen-bond donors (Lipinski definition) is 0. The third kappa shape index (κ3) is 2.75. The molecule has 0 spiro atoms. The van der Waals surface area contributed by atoms with E-state index < -0.39 is 0 Å². The molecule has 1 aliphatic heterocycles. The highest BCUT2D eigenvalue weighted by Crippen LogP contribution is 2.44. The number of amides is 1. The number of anilines is 2. The molecule has 0 unspecified atom stereocenters. The highest BCUT2D eigenvalue weighted by atomic mass is 79.9. The summed E-state index contributed by atoms with van der Waals surface area (Å²) < 4.78 is 2.52. The maximum absolute atomic E-state index is 13.0. The van der Waals surface area contributed by atoms with Crippen LogP contribution < -0.4 is 9.77 Å². The van der Waals surface area contributed by atoms with Crippen LogP contribution in [0.2, 0.25) is 0 Å². The predicted octanol–water partition coefficient (Wildman–Crippen LogP) is 4.41. The lowest BCUT2D eigenvalue weighted by molar-refractivity contribution is -0.118. The minimum Gasteiger partial charge on any atom is -0.288 e. The fourth-order valence-corrected chi connectivity index (χ4v) is 4.59. The van der Waals surface area contributed by atoms with Gasteiger partial charge in [0.25, 0.3) is 0 Å². The van der Waals surface area contributed by atoms with Gasteiger partial charge in [0.1, 0.15) is 5.82 Å². The minimum atomic E-state index is -0.0747. The van der Waals surface area contributed by atoms with Crippen molar-refractivity contribution in [2.45, 2.75) is 12.3 Å². The average Bonchev–Trinajstić information content (AvgIpc) is 2.92. The summed E-state index contributed by atoms with van der Waals surface area (Å²) in [5.74, 6) is 0.605. The fraction of sp³-hybridized carbons (Fsp3) is 0.158. The third-order valence-corrected chi connectivity index (χ3v) is 6.12. The van der Waals surface area contributed by atoms with E-state index in [-0.39, 0.29) is 16.7 Å². The van der Waals surface area contributed by atoms with Crippen molar-refractivity contribution in [2.75, 3.05) is 4.90 Å². The van der Waals surface area contributed by atoms with Crippen molar-refractivity contribution in [3.05, 3.63) is 79.2 Å². The number of thiazole rings is 1. The van der Waals surface area contributed by atoms with Crippen molar-refractivity contribution >= 4 is 44.7 Å². The van der Waals surface area contributed by atoms with Gasteiger partial charge in [-0.15, -0.1) is 0 Å². The number of hydrogen-bond acceptors (Lipinski definition) is 3. The van der Waals surface area contributed by atoms with Crippen molar-refractivity contribution in [3.63, 3.8) is 0 Å². The number of halogens is 1. The first-order chi connectivity index (χ1) is 12.1. The van der Waals surface area contributed by atoms with E-state index in [4.69, 9.17) is 0 Å². The number of rotatable bonds is 2. The molecule has 0 aliphatic carbocycles. The van der Waals surface area contributed by atoms with Crippen LogP contribution in [-0.2, 0) is 11.8 Å². The van der Waals surface area contributed by atoms with Crippen molar-refractivity contribution in [1.82, 2.24) is 4.57 Å². The molecule has 0 N–H and O–H groups in total. The second-order valence-corrected chi connectivity index (χ2v) is 7.90. The molecule has 25 heavy (non-hydrogen) atoms. The van der Waals surface area contributed by atoms with Crippen LogP contribution in [0.4, 0.5) is 11.5 Å². The molecule has 0 radical (unpaired) electrons. The second kappa shape index (κ2) is 6.28. The lowest BCUT2D eigenvalue weighted by Crippen LogP contribution is -2.34. The van der Waals surface area contributed by atoms with E-state index in [0.717, 1.165) is 20.6 Å². The van der Waals surface area contributed by atoms with Gasteiger partial charge in [-0.2, -0.15) is 0 Å². The van der Waals surface area contributed by atoms with Gasteiger partial charge in [0.2, 0.25) is 5.91 Å². The Morgan fingerprint density at radius 1 is 1.04 bits per heavy atom. The Bertz CT molecular complexity index is 993. The molecule has 0 fully saturated rings. The van der Waals surface area contributed by atoms with Gasteiger partial charge in [-0.05, 0) is 29.8 Å². The monoisotopic (exact) mass is 414 g/mol. The van der Waals surface area contributed by atoms with Gasteiger partial charge in [-0.1, -0.05) is 57.6 Å². The van der Waals surface area contributed by atoms with E-state index in [9.17, 15) is 9.59 Å². The molecule has 0 saturated carbocycles. The zero-order chi connectivity index (χ0) is 17.6. The maximum atomic E-state index is 13.0. The smallest absolute Gasteiger partial charge is 0.288 e. The SMILES string of the molecule is Cn1c2c(sc1=O)[C@H](c1ccccc1)CC(=O)N2c1ccc(Br)cc1. The molecule has 1 aliphatic rings. The number of nitrogens with zero attached hydrogens (tertiary/aromatic N) is 2. The van der Waals surface area contributed by atoms with Crippen LogP contribution in [0.3, 0.4) is 0 Å². The largest absolute Gasteiger partial charge is 0.308 e. The van der Waals surface area contributed by atoms with Gasteiger partial charge in [0.15, 0.2) is 0 Å². The Kier molecular flexibility index (Phi) is 4.09. The van der Waals surface area contributed by atoms with Crippen LogP contribution in [0.5, 0.6) is 0 Å². The van der Waals surface area contributed by atoms with Gasteiger partial charge in [-0.3, -0.25) is 19.1 Å². The summed E-state index contributed by atoms with van der Waals surface area (Å²) in [4.78, 5) is 27.9. The molecule has 3 aromatic rings. The predicted molar refractivity (Wildman–Crippen MR) is 104 cm³/mol. The molecule has 6 heteroatoms. The normalized spacial score (nSPS) is 16.8. The van der Waals surface area contributed by atoms with Crippen LogP contribution in [0.1, 0.15) is 22.8 Å². The van der Waals surface area contributed by atoms with Crippen molar-refractivity contribution in [1.29, 1.82) is 0 Å². The van der Waals surface area contributed by atoms with E-state index in [1.165, 1.54) is 11.3 Å². The van der Waals surface area contributed by atoms with Gasteiger partial charge in [0.05, 0.1) is 10.6 Å². The van der Waals surface area contributed by atoms with Gasteiger partial charge in [-0.25, -0.2) is 0 Å². The zero-order valence-electron chi connectivity index (χ0n) is 13.5. The summed E-state index contributed by atoms with van der Waals surface area (Å²) in [5.41, 5.74) is 1.84. The summed E-state index contributed by atoms with van der Waals surface area (Å²) in [7, 11) is 1.73. The Hall–Kier alpha value is -2.18. The van der Waals surface area contributed by atoms with Gasteiger partial charge >= 0.3 is 4.87 Å². The van der Waals surface area contributed by atoms with Crippen LogP contribution in [0.15, 0.2) is 63.9 Å². The van der Waals surface area contributed by atoms with Crippen LogP contribution in [0, 0.1) is 0 Å². The van der Waals surface area contributed by atoms with Crippen molar-refractivity contribution in [3.8, 4) is 0 Å². The molecule has 2 heterocycles. The summed E-state index contributed by atoms with van der Waals surface area (Å²) in [6, 6.07) is 17.5. The molecule has 0 saturated heterocycles. The highest BCUT2D eigenvalue weighted by molar-refractivity contribution is 9.10. The standard InChI is InChI=1S/C19H15BrN2O2S/c1-21-18-17(25-19(21)24)15(12-5-3-2-4-6-12)11-16(23)22(18)14-9-7-13(20)8-10-14/h2-10,15H,11H2,1H3/t15-/m0/s1. The maximum Gasteiger partial charge on any atom is 0.308 e. The van der Waals surface area contributed by atoms with E-state index >= 15 is 0 Å². The molecule has 1 aromatic heterocycles. The van der Waals surface area contributed by atoms with Crippen LogP contribution >= 0.6 is 27.3 Å². The Morgan fingerprint density at radius 3 is 2.40 bits per heavy atom. The summed E-state index contributed by atoms with van der Waals surface area (Å²) in [6.07, 6.45) is 0.354. The van der Waals surface area contributed by atoms with Crippen molar-refractivity contribution < 1.29 is 4.79 Å². The van der Waals surface area contributed by atoms with Gasteiger partial charge < -0.3 is 0 Å². The lowest BCUT2D eigenvalue weighted by Gasteiger charge is -2.32. The number of aromatic nitrogens is 1. The molecule has 1 atom stereocenters. The first kappa shape index (κ1) is 16.3. The zero-order valence-corrected chi connectivity index (χ0v) is 15.9. The molecule has 4 nitrogen and oxygen atoms in total. The summed E-state index contributed by atoms with van der Waals surface area (Å²) >= 11 is 4.65. The third-order valence-electron chi connectivity index (χ3n) is 4.45. The lowest BCUT2D eigenvalue weighted by atomic mass is 9.90. The first-order valence-electron chi connectivity index (χ1n) is 7.89. The van der Waals surface area contributed by atoms with E-state index in [2.05, 4.69) is 15.9 Å². The molecular formula is C19H15BrN2O2S. The minimum absolute atomic E-state index is 0.00271. The molecule has 1 amide bonds. The Balaban J connectivity index is 1.90. The van der Waals surface area contributed by atoms with Gasteiger partial charge in [0, 0.05) is 23.9 Å². The number of carbonyl (C=O) groups excluding carboxylic acids is 1. The molecule has 0 bridgehead atoms. The quantitative estimate of drug-likeness (QED) is 0.622. The first-order valence-corrected chi connectivity index (χ1v) is 9.50. The molecule has 2 aromatic carbocycles. The van der Waals surface area contributed by atoms with Crippen molar-refractivity contribution in [2.24, 2.45) is 7.05 Å². The van der Waals surface area contributed by atoms with E-state index in [1.807, 2.05) is 54.6 Å². The topological polar surface area (TPSA) is 42.3 Å². The highest BCUT2D eigenvalue weighted by Gasteiger charge is 2.37. The fourth-order valence-electron chi connectivity index (χ4n) is 3.23. The summed E-state index contributed by atoms with van der Waals surface area (Å²) in [5, 5.41) is 0. The van der Waals surface area contributed by atoms with Crippen LogP contribution in [0.25, 0.3) is 0 Å². The number of benzene rings is 2. The molecular weight excluding hydrogens is 400 g/mol. The van der Waals surface area contributed by atoms with Crippen LogP contribution in [-0.4, -0.2) is 10.5 Å². The Labute approximate surface area is 157 Å². The second-order valence-electron chi connectivity index (χ2n) is 5.99. The average molecular weight is 415 g/mol. The van der Waals surface area contributed by atoms with E-state index in [0.29, 0.717) is 12.2 Å². The Morgan fingerprint density at radius 2 is 1.72 bits per heavy atom.